The maximum absolute atomic E-state index is 4.56. The summed E-state index contributed by atoms with van der Waals surface area (Å²) in [6.45, 7) is 3.88. The fourth-order valence-corrected chi connectivity index (χ4v) is 4.40. The van der Waals surface area contributed by atoms with Gasteiger partial charge in [-0.3, -0.25) is 0 Å². The summed E-state index contributed by atoms with van der Waals surface area (Å²) in [4.78, 5) is 9.12. The molecule has 0 amide bonds. The molecule has 0 spiro atoms. The predicted octanol–water partition coefficient (Wildman–Crippen LogP) is 7.42. The first kappa shape index (κ1) is 19.1. The highest BCUT2D eigenvalue weighted by Gasteiger charge is 2.21. The summed E-state index contributed by atoms with van der Waals surface area (Å²) in [5.41, 5.74) is 4.72. The minimum Gasteiger partial charge on any atom is -0.236 e. The number of allylic oxidation sites excluding steroid dienone is 1. The molecule has 1 aromatic heterocycles. The molecule has 142 valence electrons. The summed E-state index contributed by atoms with van der Waals surface area (Å²) >= 11 is 3.46. The summed E-state index contributed by atoms with van der Waals surface area (Å²) in [7, 11) is 0. The summed E-state index contributed by atoms with van der Waals surface area (Å²) in [5.74, 6) is 2.30. The van der Waals surface area contributed by atoms with Crippen molar-refractivity contribution in [2.24, 2.45) is 5.92 Å². The van der Waals surface area contributed by atoms with E-state index in [9.17, 15) is 0 Å². The molecular weight excluding hydrogens is 408 g/mol. The van der Waals surface area contributed by atoms with Gasteiger partial charge in [-0.25, -0.2) is 9.97 Å². The van der Waals surface area contributed by atoms with Crippen molar-refractivity contribution >= 4 is 15.9 Å². The van der Waals surface area contributed by atoms with Crippen LogP contribution < -0.4 is 0 Å². The van der Waals surface area contributed by atoms with Gasteiger partial charge in [-0.1, -0.05) is 58.4 Å². The molecule has 1 aliphatic rings. The lowest BCUT2D eigenvalue weighted by Gasteiger charge is -2.28. The van der Waals surface area contributed by atoms with E-state index in [0.717, 1.165) is 27.3 Å². The van der Waals surface area contributed by atoms with E-state index in [-0.39, 0.29) is 0 Å². The van der Waals surface area contributed by atoms with Crippen LogP contribution in [-0.2, 0) is 0 Å². The molecule has 0 atom stereocenters. The molecule has 0 unspecified atom stereocenters. The number of rotatable bonds is 5. The Hall–Kier alpha value is -2.26. The van der Waals surface area contributed by atoms with Crippen LogP contribution in [0, 0.1) is 5.92 Å². The van der Waals surface area contributed by atoms with Crippen LogP contribution in [-0.4, -0.2) is 9.97 Å². The lowest BCUT2D eigenvalue weighted by atomic mass is 9.77. The van der Waals surface area contributed by atoms with Crippen molar-refractivity contribution in [2.45, 2.75) is 38.0 Å². The van der Waals surface area contributed by atoms with Crippen LogP contribution in [0.2, 0.25) is 0 Å². The van der Waals surface area contributed by atoms with Gasteiger partial charge in [0.05, 0.1) is 0 Å². The summed E-state index contributed by atoms with van der Waals surface area (Å²) in [6.07, 6.45) is 12.3. The number of hydrogen-bond donors (Lipinski definition) is 0. The van der Waals surface area contributed by atoms with Crippen molar-refractivity contribution in [3.8, 4) is 22.5 Å². The highest BCUT2D eigenvalue weighted by atomic mass is 79.9. The first-order valence-corrected chi connectivity index (χ1v) is 10.8. The molecule has 1 aliphatic carbocycles. The molecule has 3 heteroatoms. The van der Waals surface area contributed by atoms with Crippen LogP contribution in [0.15, 0.2) is 78.1 Å². The van der Waals surface area contributed by atoms with Gasteiger partial charge in [0.15, 0.2) is 5.82 Å². The molecule has 1 fully saturated rings. The molecule has 4 rings (SSSR count). The molecule has 0 radical (unpaired) electrons. The van der Waals surface area contributed by atoms with E-state index in [1.807, 2.05) is 36.7 Å². The van der Waals surface area contributed by atoms with Crippen LogP contribution in [0.3, 0.4) is 0 Å². The average molecular weight is 433 g/mol. The van der Waals surface area contributed by atoms with Crippen molar-refractivity contribution in [3.05, 3.63) is 83.6 Å². The Bertz CT molecular complexity index is 906. The fraction of sp³-hybridized carbons (Fsp3) is 0.280. The number of halogens is 1. The van der Waals surface area contributed by atoms with Gasteiger partial charge < -0.3 is 0 Å². The number of nitrogens with zero attached hydrogens (tertiary/aromatic N) is 2. The van der Waals surface area contributed by atoms with Crippen molar-refractivity contribution < 1.29 is 0 Å². The van der Waals surface area contributed by atoms with E-state index in [1.54, 1.807) is 0 Å². The molecule has 0 bridgehead atoms. The van der Waals surface area contributed by atoms with Gasteiger partial charge in [-0.05, 0) is 67.2 Å². The van der Waals surface area contributed by atoms with E-state index in [4.69, 9.17) is 0 Å². The molecule has 2 nitrogen and oxygen atoms in total. The van der Waals surface area contributed by atoms with Crippen molar-refractivity contribution in [1.29, 1.82) is 0 Å². The Labute approximate surface area is 175 Å². The molecule has 28 heavy (non-hydrogen) atoms. The van der Waals surface area contributed by atoms with Gasteiger partial charge in [0.2, 0.25) is 0 Å². The second kappa shape index (κ2) is 8.83. The van der Waals surface area contributed by atoms with Crippen molar-refractivity contribution in [2.75, 3.05) is 0 Å². The van der Waals surface area contributed by atoms with E-state index >= 15 is 0 Å². The maximum Gasteiger partial charge on any atom is 0.159 e. The average Bonchev–Trinajstić information content (AvgIpc) is 2.75. The van der Waals surface area contributed by atoms with E-state index < -0.39 is 0 Å². The Balaban J connectivity index is 1.44. The highest BCUT2D eigenvalue weighted by molar-refractivity contribution is 9.10. The first-order chi connectivity index (χ1) is 13.7. The quantitative estimate of drug-likeness (QED) is 0.391. The molecular formula is C25H25BrN2. The normalized spacial score (nSPS) is 19.3. The fourth-order valence-electron chi connectivity index (χ4n) is 4.14. The van der Waals surface area contributed by atoms with Crippen molar-refractivity contribution in [3.63, 3.8) is 0 Å². The molecule has 2 aromatic carbocycles. The molecule has 0 aliphatic heterocycles. The van der Waals surface area contributed by atoms with Gasteiger partial charge in [-0.2, -0.15) is 0 Å². The lowest BCUT2D eigenvalue weighted by Crippen LogP contribution is -2.12. The van der Waals surface area contributed by atoms with Crippen LogP contribution >= 0.6 is 15.9 Å². The third-order valence-corrected chi connectivity index (χ3v) is 6.35. The predicted molar refractivity (Wildman–Crippen MR) is 120 cm³/mol. The van der Waals surface area contributed by atoms with Crippen LogP contribution in [0.1, 0.15) is 43.6 Å². The second-order valence-electron chi connectivity index (χ2n) is 7.67. The minimum absolute atomic E-state index is 0.700. The topological polar surface area (TPSA) is 25.8 Å². The molecule has 1 saturated carbocycles. The van der Waals surface area contributed by atoms with Crippen LogP contribution in [0.5, 0.6) is 0 Å². The zero-order valence-electron chi connectivity index (χ0n) is 16.0. The standard InChI is InChI=1S/C25H25BrN2/c1-2-3-18-4-6-19(7-5-18)20-8-10-21(11-9-20)23-16-27-25(28-17-23)22-12-14-24(26)15-13-22/h2,8-19H,1,3-7H2. The zero-order chi connectivity index (χ0) is 19.3. The minimum atomic E-state index is 0.700. The summed E-state index contributed by atoms with van der Waals surface area (Å²) < 4.78 is 1.06. The Kier molecular flexibility index (Phi) is 6.01. The Morgan fingerprint density at radius 3 is 2.04 bits per heavy atom. The molecule has 0 saturated heterocycles. The smallest absolute Gasteiger partial charge is 0.159 e. The van der Waals surface area contributed by atoms with Gasteiger partial charge >= 0.3 is 0 Å². The van der Waals surface area contributed by atoms with E-state index in [2.05, 4.69) is 62.8 Å². The SMILES string of the molecule is C=CCC1CCC(c2ccc(-c3cnc(-c4ccc(Br)cc4)nc3)cc2)CC1. The van der Waals surface area contributed by atoms with E-state index in [1.165, 1.54) is 43.2 Å². The molecule has 0 N–H and O–H groups in total. The van der Waals surface area contributed by atoms with E-state index in [0.29, 0.717) is 5.92 Å². The number of benzene rings is 2. The summed E-state index contributed by atoms with van der Waals surface area (Å²) in [5, 5.41) is 0. The number of aromatic nitrogens is 2. The monoisotopic (exact) mass is 432 g/mol. The number of hydrogen-bond acceptors (Lipinski definition) is 2. The van der Waals surface area contributed by atoms with Crippen LogP contribution in [0.25, 0.3) is 22.5 Å². The second-order valence-corrected chi connectivity index (χ2v) is 8.58. The molecule has 3 aromatic rings. The van der Waals surface area contributed by atoms with Crippen molar-refractivity contribution in [1.82, 2.24) is 9.97 Å². The first-order valence-electron chi connectivity index (χ1n) is 10.0. The van der Waals surface area contributed by atoms with Crippen LogP contribution in [0.4, 0.5) is 0 Å². The molecule has 1 heterocycles. The van der Waals surface area contributed by atoms with Gasteiger partial charge in [0.1, 0.15) is 0 Å². The zero-order valence-corrected chi connectivity index (χ0v) is 17.6. The Morgan fingerprint density at radius 1 is 0.821 bits per heavy atom. The Morgan fingerprint density at radius 2 is 1.43 bits per heavy atom. The maximum atomic E-state index is 4.56. The van der Waals surface area contributed by atoms with Gasteiger partial charge in [-0.15, -0.1) is 6.58 Å². The van der Waals surface area contributed by atoms with Gasteiger partial charge in [0, 0.05) is 28.0 Å². The largest absolute Gasteiger partial charge is 0.236 e. The third-order valence-electron chi connectivity index (χ3n) is 5.82. The third kappa shape index (κ3) is 4.41. The highest BCUT2D eigenvalue weighted by Crippen LogP contribution is 2.37. The van der Waals surface area contributed by atoms with Gasteiger partial charge in [0.25, 0.3) is 0 Å². The summed E-state index contributed by atoms with van der Waals surface area (Å²) in [6, 6.07) is 17.1. The lowest BCUT2D eigenvalue weighted by molar-refractivity contribution is 0.328.